The summed E-state index contributed by atoms with van der Waals surface area (Å²) in [6.45, 7) is 10.3. The van der Waals surface area contributed by atoms with E-state index in [1.165, 1.54) is 0 Å². The lowest BCUT2D eigenvalue weighted by atomic mass is 9.97. The highest BCUT2D eigenvalue weighted by atomic mass is 32.4. The topological polar surface area (TPSA) is 24.8 Å². The molecule has 0 spiro atoms. The van der Waals surface area contributed by atoms with Crippen molar-refractivity contribution in [2.75, 3.05) is 7.05 Å². The molecule has 5 heteroatoms. The van der Waals surface area contributed by atoms with Crippen molar-refractivity contribution in [2.45, 2.75) is 78.0 Å². The standard InChI is InChI=1S/C20H34N2OPS/c1-7-15-20(5,10-4)23-18-13-11-17(12-14-18)16-21-22(6)24(25)19(8-2)9-3/h11-14,16,19H,7-10,15H2,1-6H3/q+1. The molecule has 0 saturated heterocycles. The maximum absolute atomic E-state index is 6.20. The van der Waals surface area contributed by atoms with Gasteiger partial charge in [-0.25, -0.2) is 0 Å². The molecule has 1 aromatic rings. The van der Waals surface area contributed by atoms with Gasteiger partial charge in [0, 0.05) is 0 Å². The molecule has 0 fully saturated rings. The van der Waals surface area contributed by atoms with E-state index in [9.17, 15) is 0 Å². The summed E-state index contributed by atoms with van der Waals surface area (Å²) in [5.74, 6) is 0.922. The van der Waals surface area contributed by atoms with E-state index in [1.807, 2.05) is 30.2 Å². The van der Waals surface area contributed by atoms with E-state index >= 15 is 0 Å². The Kier molecular flexibility index (Phi) is 9.60. The fourth-order valence-corrected chi connectivity index (χ4v) is 5.05. The van der Waals surface area contributed by atoms with Crippen LogP contribution in [-0.2, 0) is 11.8 Å². The molecule has 0 heterocycles. The van der Waals surface area contributed by atoms with Crippen LogP contribution in [0.5, 0.6) is 5.75 Å². The van der Waals surface area contributed by atoms with Gasteiger partial charge in [-0.15, -0.1) is 9.88 Å². The summed E-state index contributed by atoms with van der Waals surface area (Å²) in [5.41, 5.74) is 1.54. The molecule has 0 N–H and O–H groups in total. The van der Waals surface area contributed by atoms with Crippen molar-refractivity contribution in [1.82, 2.24) is 4.78 Å². The number of nitrogens with zero attached hydrogens (tertiary/aromatic N) is 2. The van der Waals surface area contributed by atoms with E-state index in [0.29, 0.717) is 5.66 Å². The van der Waals surface area contributed by atoms with E-state index in [1.54, 1.807) is 0 Å². The first-order chi connectivity index (χ1) is 11.9. The van der Waals surface area contributed by atoms with Crippen LogP contribution in [0.2, 0.25) is 0 Å². The minimum absolute atomic E-state index is 0.0853. The predicted octanol–water partition coefficient (Wildman–Crippen LogP) is 6.35. The van der Waals surface area contributed by atoms with Gasteiger partial charge in [0.2, 0.25) is 0 Å². The maximum atomic E-state index is 6.20. The molecule has 0 aliphatic heterocycles. The first-order valence-electron chi connectivity index (χ1n) is 9.42. The van der Waals surface area contributed by atoms with Gasteiger partial charge in [0.05, 0.1) is 13.3 Å². The molecule has 0 aliphatic rings. The van der Waals surface area contributed by atoms with E-state index in [2.05, 4.69) is 51.9 Å². The van der Waals surface area contributed by atoms with Gasteiger partial charge in [-0.2, -0.15) is 0 Å². The van der Waals surface area contributed by atoms with Crippen LogP contribution >= 0.6 is 6.85 Å². The van der Waals surface area contributed by atoms with Crippen molar-refractivity contribution in [3.8, 4) is 5.75 Å². The van der Waals surface area contributed by atoms with Crippen molar-refractivity contribution < 1.29 is 4.74 Å². The third kappa shape index (κ3) is 7.03. The molecule has 3 nitrogen and oxygen atoms in total. The quantitative estimate of drug-likeness (QED) is 0.254. The number of benzene rings is 1. The molecule has 2 atom stereocenters. The Hall–Kier alpha value is -0.990. The van der Waals surface area contributed by atoms with Crippen LogP contribution < -0.4 is 4.74 Å². The summed E-state index contributed by atoms with van der Waals surface area (Å²) in [7, 11) is 1.99. The van der Waals surface area contributed by atoms with E-state index in [4.69, 9.17) is 16.5 Å². The van der Waals surface area contributed by atoms with Gasteiger partial charge in [0.15, 0.2) is 17.5 Å². The zero-order chi connectivity index (χ0) is 18.9. The molecule has 0 amide bonds. The Balaban J connectivity index is 2.72. The Morgan fingerprint density at radius 3 is 2.28 bits per heavy atom. The molecule has 0 aliphatic carbocycles. The number of ether oxygens (including phenoxy) is 1. The van der Waals surface area contributed by atoms with Crippen molar-refractivity contribution >= 4 is 24.9 Å². The minimum atomic E-state index is -0.639. The largest absolute Gasteiger partial charge is 0.488 e. The minimum Gasteiger partial charge on any atom is -0.488 e. The van der Waals surface area contributed by atoms with E-state index in [-0.39, 0.29) is 5.60 Å². The molecule has 140 valence electrons. The third-order valence-electron chi connectivity index (χ3n) is 4.69. The summed E-state index contributed by atoms with van der Waals surface area (Å²) >= 11 is 5.67. The SMILES string of the molecule is CCCC(C)(CC)Oc1ccc(C=NN(C)[P+](=S)C(CC)CC)cc1. The molecule has 2 unspecified atom stereocenters. The average Bonchev–Trinajstić information content (AvgIpc) is 2.62. The van der Waals surface area contributed by atoms with E-state index in [0.717, 1.165) is 43.4 Å². The third-order valence-corrected chi connectivity index (χ3v) is 8.32. The van der Waals surface area contributed by atoms with Gasteiger partial charge in [0.1, 0.15) is 11.4 Å². The second-order valence-corrected chi connectivity index (χ2v) is 9.77. The number of rotatable bonds is 11. The monoisotopic (exact) mass is 381 g/mol. The molecular formula is C20H34N2OPS+. The molecule has 0 saturated carbocycles. The lowest BCUT2D eigenvalue weighted by molar-refractivity contribution is 0.0741. The number of hydrogen-bond acceptors (Lipinski definition) is 3. The molecule has 1 aromatic carbocycles. The fraction of sp³-hybridized carbons (Fsp3) is 0.650. The Morgan fingerprint density at radius 1 is 1.20 bits per heavy atom. The average molecular weight is 382 g/mol. The Labute approximate surface area is 160 Å². The maximum Gasteiger partial charge on any atom is 0.313 e. The van der Waals surface area contributed by atoms with Crippen LogP contribution in [0.4, 0.5) is 0 Å². The van der Waals surface area contributed by atoms with Crippen LogP contribution in [-0.4, -0.2) is 29.3 Å². The van der Waals surface area contributed by atoms with E-state index < -0.39 is 6.85 Å². The van der Waals surface area contributed by atoms with Gasteiger partial charge in [-0.05, 0) is 62.4 Å². The van der Waals surface area contributed by atoms with Crippen molar-refractivity contribution in [2.24, 2.45) is 5.10 Å². The summed E-state index contributed by atoms with van der Waals surface area (Å²) in [4.78, 5) is 0. The van der Waals surface area contributed by atoms with Crippen molar-refractivity contribution in [3.63, 3.8) is 0 Å². The van der Waals surface area contributed by atoms with Gasteiger partial charge in [-0.3, -0.25) is 0 Å². The van der Waals surface area contributed by atoms with Crippen LogP contribution in [0, 0.1) is 0 Å². The van der Waals surface area contributed by atoms with Gasteiger partial charge in [0.25, 0.3) is 0 Å². The second kappa shape index (κ2) is 10.9. The number of hydrazone groups is 1. The lowest BCUT2D eigenvalue weighted by Crippen LogP contribution is -2.31. The zero-order valence-electron chi connectivity index (χ0n) is 16.7. The van der Waals surface area contributed by atoms with Gasteiger partial charge >= 0.3 is 6.85 Å². The highest BCUT2D eigenvalue weighted by Crippen LogP contribution is 2.36. The summed E-state index contributed by atoms with van der Waals surface area (Å²) in [5, 5.41) is 4.55. The molecule has 25 heavy (non-hydrogen) atoms. The van der Waals surface area contributed by atoms with Crippen LogP contribution in [0.25, 0.3) is 0 Å². The highest BCUT2D eigenvalue weighted by Gasteiger charge is 2.26. The lowest BCUT2D eigenvalue weighted by Gasteiger charge is -2.29. The van der Waals surface area contributed by atoms with Gasteiger partial charge < -0.3 is 4.74 Å². The molecule has 0 aromatic heterocycles. The molecule has 1 rings (SSSR count). The zero-order valence-corrected chi connectivity index (χ0v) is 18.4. The Bertz CT molecular complexity index is 557. The van der Waals surface area contributed by atoms with Crippen LogP contribution in [0.1, 0.15) is 72.3 Å². The predicted molar refractivity (Wildman–Crippen MR) is 115 cm³/mol. The summed E-state index contributed by atoms with van der Waals surface area (Å²) < 4.78 is 8.16. The molecule has 0 bridgehead atoms. The first kappa shape index (κ1) is 22.1. The van der Waals surface area contributed by atoms with Gasteiger partial charge in [-0.1, -0.05) is 34.1 Å². The normalized spacial score (nSPS) is 14.6. The van der Waals surface area contributed by atoms with Crippen molar-refractivity contribution in [3.05, 3.63) is 29.8 Å². The molecular weight excluding hydrogens is 347 g/mol. The Morgan fingerprint density at radius 2 is 1.80 bits per heavy atom. The number of hydrogen-bond donors (Lipinski definition) is 0. The summed E-state index contributed by atoms with van der Waals surface area (Å²) in [6, 6.07) is 8.17. The fourth-order valence-electron chi connectivity index (χ4n) is 2.77. The first-order valence-corrected chi connectivity index (χ1v) is 11.8. The van der Waals surface area contributed by atoms with Crippen LogP contribution in [0.15, 0.2) is 29.4 Å². The van der Waals surface area contributed by atoms with Crippen molar-refractivity contribution in [1.29, 1.82) is 0 Å². The highest BCUT2D eigenvalue weighted by molar-refractivity contribution is 8.04. The summed E-state index contributed by atoms with van der Waals surface area (Å²) in [6.07, 6.45) is 7.32. The second-order valence-electron chi connectivity index (χ2n) is 6.73. The molecule has 0 radical (unpaired) electrons. The smallest absolute Gasteiger partial charge is 0.313 e. The van der Waals surface area contributed by atoms with Crippen LogP contribution in [0.3, 0.4) is 0 Å².